The van der Waals surface area contributed by atoms with Crippen molar-refractivity contribution in [1.82, 2.24) is 0 Å². The predicted octanol–water partition coefficient (Wildman–Crippen LogP) is -1.37. The maximum absolute atomic E-state index is 9.45. The van der Waals surface area contributed by atoms with E-state index in [1.807, 2.05) is 0 Å². The van der Waals surface area contributed by atoms with Gasteiger partial charge in [0.25, 0.3) is 0 Å². The van der Waals surface area contributed by atoms with Gasteiger partial charge in [-0.1, -0.05) is 0 Å². The van der Waals surface area contributed by atoms with Crippen LogP contribution in [0.2, 0.25) is 0 Å². The van der Waals surface area contributed by atoms with Crippen molar-refractivity contribution < 1.29 is 19.8 Å². The van der Waals surface area contributed by atoms with Crippen LogP contribution in [0.3, 0.4) is 0 Å². The number of aliphatic hydroxyl groups excluding tert-OH is 1. The van der Waals surface area contributed by atoms with E-state index in [1.54, 1.807) is 0 Å². The first-order valence-electron chi connectivity index (χ1n) is 1.54. The van der Waals surface area contributed by atoms with E-state index in [9.17, 15) is 9.59 Å². The summed E-state index contributed by atoms with van der Waals surface area (Å²) in [4.78, 5) is 18.8. The third-order valence-electron chi connectivity index (χ3n) is 0.382. The Bertz CT molecular complexity index is 86.9. The molecule has 40 valence electrons. The minimum Gasteiger partial charge on any atom is -0.479 e. The van der Waals surface area contributed by atoms with E-state index in [0.717, 1.165) is 0 Å². The van der Waals surface area contributed by atoms with Gasteiger partial charge in [0.1, 0.15) is 0 Å². The minimum atomic E-state index is -1.86. The first-order chi connectivity index (χ1) is 3.18. The van der Waals surface area contributed by atoms with E-state index < -0.39 is 12.1 Å². The topological polar surface area (TPSA) is 74.6 Å². The molecule has 7 heavy (non-hydrogen) atoms. The molecule has 4 heteroatoms. The van der Waals surface area contributed by atoms with Crippen molar-refractivity contribution in [3.8, 4) is 0 Å². The summed E-state index contributed by atoms with van der Waals surface area (Å²) in [6.07, 6.45) is -1.91. The van der Waals surface area contributed by atoms with Crippen molar-refractivity contribution >= 4 is 12.3 Å². The first-order valence-corrected chi connectivity index (χ1v) is 1.54. The van der Waals surface area contributed by atoms with Crippen LogP contribution in [0, 0.1) is 0 Å². The fourth-order valence-corrected chi connectivity index (χ4v) is 0.0582. The van der Waals surface area contributed by atoms with Gasteiger partial charge < -0.3 is 10.2 Å². The molecule has 0 aromatic rings. The monoisotopic (exact) mass is 104 g/mol. The molecule has 0 aliphatic rings. The zero-order chi connectivity index (χ0) is 5.86. The zero-order valence-corrected chi connectivity index (χ0v) is 3.37. The maximum Gasteiger partial charge on any atom is 0.340 e. The molecule has 0 rings (SSSR count). The molecule has 1 atom stereocenters. The number of aliphatic hydroxyl groups is 1. The number of hydrogen-bond acceptors (Lipinski definition) is 3. The lowest BCUT2D eigenvalue weighted by Crippen LogP contribution is -2.20. The van der Waals surface area contributed by atoms with Crippen LogP contribution in [0.25, 0.3) is 0 Å². The van der Waals surface area contributed by atoms with Gasteiger partial charge in [-0.3, -0.25) is 4.79 Å². The Morgan fingerprint density at radius 2 is 2.14 bits per heavy atom. The molecule has 0 radical (unpaired) electrons. The van der Waals surface area contributed by atoms with Crippen molar-refractivity contribution in [1.29, 1.82) is 0 Å². The minimum absolute atomic E-state index is 0.0532. The Morgan fingerprint density at radius 3 is 2.14 bits per heavy atom. The number of aliphatic carboxylic acids is 1. The number of hydrogen-bond donors (Lipinski definition) is 2. The number of carbonyl (C=O) groups excluding carboxylic acids is 1. The molecular formula is C3H4O4. The van der Waals surface area contributed by atoms with Crippen LogP contribution in [-0.2, 0) is 9.59 Å². The average molecular weight is 104 g/mol. The summed E-state index contributed by atoms with van der Waals surface area (Å²) < 4.78 is 0. The SMILES string of the molecule is O=C[C@@H](O)C(=O)O. The third kappa shape index (κ3) is 1.88. The molecule has 0 saturated heterocycles. The average Bonchev–Trinajstić information content (AvgIpc) is 1.65. The van der Waals surface area contributed by atoms with Gasteiger partial charge in [-0.25, -0.2) is 4.79 Å². The second-order valence-electron chi connectivity index (χ2n) is 0.919. The molecule has 2 N–H and O–H groups in total. The summed E-state index contributed by atoms with van der Waals surface area (Å²) in [5.41, 5.74) is 0. The first kappa shape index (κ1) is 6.10. The fraction of sp³-hybridized carbons (Fsp3) is 0.333. The van der Waals surface area contributed by atoms with Crippen LogP contribution in [0.5, 0.6) is 0 Å². The zero-order valence-electron chi connectivity index (χ0n) is 3.37. The van der Waals surface area contributed by atoms with Gasteiger partial charge in [0, 0.05) is 0 Å². The van der Waals surface area contributed by atoms with E-state index in [1.165, 1.54) is 0 Å². The second-order valence-corrected chi connectivity index (χ2v) is 0.919. The number of carboxylic acid groups (broad SMARTS) is 1. The van der Waals surface area contributed by atoms with Gasteiger partial charge in [0.05, 0.1) is 0 Å². The largest absolute Gasteiger partial charge is 0.479 e. The number of carbonyl (C=O) groups is 2. The smallest absolute Gasteiger partial charge is 0.340 e. The van der Waals surface area contributed by atoms with Gasteiger partial charge in [0.2, 0.25) is 6.10 Å². The predicted molar refractivity (Wildman–Crippen MR) is 19.7 cm³/mol. The Labute approximate surface area is 39.4 Å². The van der Waals surface area contributed by atoms with E-state index in [0.29, 0.717) is 0 Å². The lowest BCUT2D eigenvalue weighted by Gasteiger charge is -1.88. The summed E-state index contributed by atoms with van der Waals surface area (Å²) in [5, 5.41) is 15.7. The van der Waals surface area contributed by atoms with Crippen LogP contribution in [0.4, 0.5) is 0 Å². The van der Waals surface area contributed by atoms with Gasteiger partial charge in [-0.05, 0) is 0 Å². The normalized spacial score (nSPS) is 12.7. The molecule has 0 heterocycles. The highest BCUT2D eigenvalue weighted by molar-refractivity contribution is 5.88. The Kier molecular flexibility index (Phi) is 2.01. The Balaban J connectivity index is 3.55. The standard InChI is InChI=1S/C3H4O4/c4-1-2(5)3(6)7/h1-2,5H,(H,6,7)/t2-/m1/s1. The van der Waals surface area contributed by atoms with Gasteiger partial charge in [-0.2, -0.15) is 0 Å². The fourth-order valence-electron chi connectivity index (χ4n) is 0.0582. The van der Waals surface area contributed by atoms with E-state index >= 15 is 0 Å². The molecule has 4 nitrogen and oxygen atoms in total. The molecule has 0 amide bonds. The maximum atomic E-state index is 9.45. The Hall–Kier alpha value is -0.900. The van der Waals surface area contributed by atoms with E-state index in [2.05, 4.69) is 0 Å². The summed E-state index contributed by atoms with van der Waals surface area (Å²) in [6.45, 7) is 0. The molecule has 0 aromatic heterocycles. The summed E-state index contributed by atoms with van der Waals surface area (Å²) >= 11 is 0. The molecule has 0 aromatic carbocycles. The molecule has 0 spiro atoms. The van der Waals surface area contributed by atoms with Crippen LogP contribution >= 0.6 is 0 Å². The van der Waals surface area contributed by atoms with Gasteiger partial charge in [0.15, 0.2) is 6.29 Å². The number of aldehydes is 1. The van der Waals surface area contributed by atoms with Crippen molar-refractivity contribution in [3.63, 3.8) is 0 Å². The van der Waals surface area contributed by atoms with E-state index in [-0.39, 0.29) is 6.29 Å². The second kappa shape index (κ2) is 2.30. The van der Waals surface area contributed by atoms with Gasteiger partial charge in [-0.15, -0.1) is 0 Å². The number of carboxylic acids is 1. The Morgan fingerprint density at radius 1 is 1.71 bits per heavy atom. The highest BCUT2D eigenvalue weighted by Crippen LogP contribution is 1.71. The molecular weight excluding hydrogens is 100 g/mol. The lowest BCUT2D eigenvalue weighted by molar-refractivity contribution is -0.148. The van der Waals surface area contributed by atoms with Crippen LogP contribution in [0.15, 0.2) is 0 Å². The van der Waals surface area contributed by atoms with Crippen LogP contribution < -0.4 is 0 Å². The molecule has 0 aliphatic heterocycles. The molecule has 0 aliphatic carbocycles. The van der Waals surface area contributed by atoms with Crippen LogP contribution in [-0.4, -0.2) is 28.6 Å². The van der Waals surface area contributed by atoms with Crippen molar-refractivity contribution in [2.24, 2.45) is 0 Å². The summed E-state index contributed by atoms with van der Waals surface area (Å²) in [6, 6.07) is 0. The molecule has 0 unspecified atom stereocenters. The van der Waals surface area contributed by atoms with Crippen molar-refractivity contribution in [3.05, 3.63) is 0 Å². The van der Waals surface area contributed by atoms with E-state index in [4.69, 9.17) is 10.2 Å². The third-order valence-corrected chi connectivity index (χ3v) is 0.382. The van der Waals surface area contributed by atoms with Crippen molar-refractivity contribution in [2.45, 2.75) is 6.10 Å². The highest BCUT2D eigenvalue weighted by atomic mass is 16.4. The van der Waals surface area contributed by atoms with Crippen molar-refractivity contribution in [2.75, 3.05) is 0 Å². The van der Waals surface area contributed by atoms with Gasteiger partial charge >= 0.3 is 5.97 Å². The highest BCUT2D eigenvalue weighted by Gasteiger charge is 2.08. The lowest BCUT2D eigenvalue weighted by atomic mass is 10.4. The quantitative estimate of drug-likeness (QED) is 0.335. The molecule has 0 fully saturated rings. The summed E-state index contributed by atoms with van der Waals surface area (Å²) in [5.74, 6) is -1.52. The molecule has 0 saturated carbocycles. The van der Waals surface area contributed by atoms with Crippen LogP contribution in [0.1, 0.15) is 0 Å². The summed E-state index contributed by atoms with van der Waals surface area (Å²) in [7, 11) is 0. The molecule has 0 bridgehead atoms. The number of rotatable bonds is 2.